The molecule has 0 saturated heterocycles. The second-order valence-electron chi connectivity index (χ2n) is 10.6. The summed E-state index contributed by atoms with van der Waals surface area (Å²) in [5.41, 5.74) is 27.3. The second kappa shape index (κ2) is 11.7. The smallest absolute Gasteiger partial charge is 0.0708 e. The van der Waals surface area contributed by atoms with Crippen LogP contribution in [-0.4, -0.2) is 9.97 Å². The minimum Gasteiger partial charge on any atom is -0.398 e. The summed E-state index contributed by atoms with van der Waals surface area (Å²) < 4.78 is 0. The molecule has 4 heteroatoms. The number of aromatic nitrogens is 2. The van der Waals surface area contributed by atoms with E-state index in [0.717, 1.165) is 67.0 Å². The van der Waals surface area contributed by atoms with E-state index < -0.39 is 0 Å². The van der Waals surface area contributed by atoms with Crippen LogP contribution in [0.25, 0.3) is 67.0 Å². The summed E-state index contributed by atoms with van der Waals surface area (Å²) in [5, 5.41) is 0. The number of anilines is 2. The first-order valence-electron chi connectivity index (χ1n) is 14.6. The number of pyridine rings is 2. The molecule has 5 aromatic carbocycles. The molecule has 4 N–H and O–H groups in total. The third kappa shape index (κ3) is 4.89. The molecule has 2 heterocycles. The molecule has 0 unspecified atom stereocenters. The SMILES string of the molecule is Nc1c(-c2ccccc2-c2ccccn2)cccc1-c1ccccc1-c1cccc(-c2ccccc2-c2ccccn2)c1N. The Kier molecular flexibility index (Phi) is 7.15. The van der Waals surface area contributed by atoms with Crippen molar-refractivity contribution in [3.63, 3.8) is 0 Å². The Hall–Kier alpha value is -6.00. The summed E-state index contributed by atoms with van der Waals surface area (Å²) in [6.45, 7) is 0. The number of rotatable bonds is 6. The van der Waals surface area contributed by atoms with Gasteiger partial charge in [-0.1, -0.05) is 121 Å². The van der Waals surface area contributed by atoms with Gasteiger partial charge in [-0.2, -0.15) is 0 Å². The molecule has 0 saturated carbocycles. The number of nitrogen functional groups attached to an aromatic ring is 2. The molecular formula is C40H30N4. The highest BCUT2D eigenvalue weighted by atomic mass is 14.7. The van der Waals surface area contributed by atoms with Crippen LogP contribution < -0.4 is 11.5 Å². The van der Waals surface area contributed by atoms with Gasteiger partial charge in [0, 0.05) is 57.1 Å². The van der Waals surface area contributed by atoms with Gasteiger partial charge in [-0.05, 0) is 46.5 Å². The number of hydrogen-bond donors (Lipinski definition) is 2. The topological polar surface area (TPSA) is 77.8 Å². The van der Waals surface area contributed by atoms with E-state index in [0.29, 0.717) is 11.4 Å². The second-order valence-corrected chi connectivity index (χ2v) is 10.6. The molecule has 0 bridgehead atoms. The molecule has 7 rings (SSSR count). The van der Waals surface area contributed by atoms with Gasteiger partial charge < -0.3 is 11.5 Å². The Morgan fingerprint density at radius 1 is 0.273 bits per heavy atom. The molecule has 0 amide bonds. The number of hydrogen-bond acceptors (Lipinski definition) is 4. The van der Waals surface area contributed by atoms with Crippen LogP contribution >= 0.6 is 0 Å². The summed E-state index contributed by atoms with van der Waals surface area (Å²) in [7, 11) is 0. The molecule has 0 fully saturated rings. The summed E-state index contributed by atoms with van der Waals surface area (Å²) in [4.78, 5) is 9.22. The average Bonchev–Trinajstić information content (AvgIpc) is 3.09. The van der Waals surface area contributed by atoms with Crippen LogP contribution in [0.2, 0.25) is 0 Å². The molecule has 0 aliphatic carbocycles. The van der Waals surface area contributed by atoms with E-state index in [1.807, 2.05) is 85.2 Å². The van der Waals surface area contributed by atoms with Crippen molar-refractivity contribution in [3.8, 4) is 67.0 Å². The molecule has 44 heavy (non-hydrogen) atoms. The van der Waals surface area contributed by atoms with E-state index in [2.05, 4.69) is 82.8 Å². The lowest BCUT2D eigenvalue weighted by Gasteiger charge is -2.19. The van der Waals surface area contributed by atoms with Crippen molar-refractivity contribution in [2.24, 2.45) is 0 Å². The third-order valence-electron chi connectivity index (χ3n) is 8.04. The normalized spacial score (nSPS) is 10.9. The zero-order valence-corrected chi connectivity index (χ0v) is 24.1. The fourth-order valence-corrected chi connectivity index (χ4v) is 5.95. The van der Waals surface area contributed by atoms with E-state index in [4.69, 9.17) is 11.5 Å². The fraction of sp³-hybridized carbons (Fsp3) is 0. The summed E-state index contributed by atoms with van der Waals surface area (Å²) in [6.07, 6.45) is 3.63. The highest BCUT2D eigenvalue weighted by molar-refractivity contribution is 6.01. The quantitative estimate of drug-likeness (QED) is 0.196. The highest BCUT2D eigenvalue weighted by Crippen LogP contribution is 2.45. The van der Waals surface area contributed by atoms with Gasteiger partial charge in [-0.3, -0.25) is 9.97 Å². The van der Waals surface area contributed by atoms with Crippen molar-refractivity contribution in [3.05, 3.63) is 158 Å². The summed E-state index contributed by atoms with van der Waals surface area (Å²) >= 11 is 0. The largest absolute Gasteiger partial charge is 0.398 e. The minimum atomic E-state index is 0.707. The summed E-state index contributed by atoms with van der Waals surface area (Å²) in [6, 6.07) is 49.2. The molecule has 0 atom stereocenters. The first-order chi connectivity index (χ1) is 21.7. The average molecular weight is 567 g/mol. The molecule has 0 aliphatic rings. The van der Waals surface area contributed by atoms with Crippen LogP contribution in [0.5, 0.6) is 0 Å². The zero-order valence-electron chi connectivity index (χ0n) is 24.1. The van der Waals surface area contributed by atoms with Gasteiger partial charge in [0.05, 0.1) is 11.4 Å². The molecule has 4 nitrogen and oxygen atoms in total. The van der Waals surface area contributed by atoms with E-state index in [1.54, 1.807) is 0 Å². The Bertz CT molecular complexity index is 1930. The van der Waals surface area contributed by atoms with Crippen molar-refractivity contribution in [2.45, 2.75) is 0 Å². The lowest BCUT2D eigenvalue weighted by Crippen LogP contribution is -1.99. The Morgan fingerprint density at radius 2 is 0.545 bits per heavy atom. The van der Waals surface area contributed by atoms with Crippen molar-refractivity contribution in [1.82, 2.24) is 9.97 Å². The fourth-order valence-electron chi connectivity index (χ4n) is 5.95. The van der Waals surface area contributed by atoms with Crippen LogP contribution in [0.15, 0.2) is 158 Å². The minimum absolute atomic E-state index is 0.707. The molecule has 2 aromatic heterocycles. The van der Waals surface area contributed by atoms with Crippen molar-refractivity contribution in [2.75, 3.05) is 11.5 Å². The van der Waals surface area contributed by atoms with Crippen LogP contribution in [0.3, 0.4) is 0 Å². The molecule has 210 valence electrons. The number of para-hydroxylation sites is 2. The summed E-state index contributed by atoms with van der Waals surface area (Å²) in [5.74, 6) is 0. The van der Waals surface area contributed by atoms with E-state index >= 15 is 0 Å². The maximum absolute atomic E-state index is 7.03. The van der Waals surface area contributed by atoms with Gasteiger partial charge in [0.25, 0.3) is 0 Å². The first-order valence-corrected chi connectivity index (χ1v) is 14.6. The monoisotopic (exact) mass is 566 g/mol. The number of nitrogens with zero attached hydrogens (tertiary/aromatic N) is 2. The van der Waals surface area contributed by atoms with Crippen LogP contribution in [-0.2, 0) is 0 Å². The predicted octanol–water partition coefficient (Wildman–Crippen LogP) is 9.64. The maximum atomic E-state index is 7.03. The molecule has 0 aliphatic heterocycles. The van der Waals surface area contributed by atoms with Gasteiger partial charge in [-0.25, -0.2) is 0 Å². The molecular weight excluding hydrogens is 536 g/mol. The van der Waals surface area contributed by atoms with Gasteiger partial charge in [0.2, 0.25) is 0 Å². The first kappa shape index (κ1) is 26.9. The lowest BCUT2D eigenvalue weighted by molar-refractivity contribution is 1.33. The zero-order chi connectivity index (χ0) is 29.9. The predicted molar refractivity (Wildman–Crippen MR) is 183 cm³/mol. The van der Waals surface area contributed by atoms with E-state index in [1.165, 1.54) is 0 Å². The van der Waals surface area contributed by atoms with E-state index in [9.17, 15) is 0 Å². The Balaban J connectivity index is 1.37. The van der Waals surface area contributed by atoms with Crippen molar-refractivity contribution in [1.29, 1.82) is 0 Å². The van der Waals surface area contributed by atoms with Gasteiger partial charge in [0.15, 0.2) is 0 Å². The Labute approximate surface area is 257 Å². The number of nitrogens with two attached hydrogens (primary N) is 2. The van der Waals surface area contributed by atoms with Gasteiger partial charge >= 0.3 is 0 Å². The van der Waals surface area contributed by atoms with Gasteiger partial charge in [0.1, 0.15) is 0 Å². The lowest BCUT2D eigenvalue weighted by atomic mass is 9.87. The van der Waals surface area contributed by atoms with Crippen LogP contribution in [0.4, 0.5) is 11.4 Å². The van der Waals surface area contributed by atoms with Crippen molar-refractivity contribution < 1.29 is 0 Å². The maximum Gasteiger partial charge on any atom is 0.0708 e. The molecule has 0 radical (unpaired) electrons. The standard InChI is InChI=1S/C40H30N4/c41-39-33(19-11-21-35(39)29-15-3-5-17-31(29)37-23-7-9-25-43-37)27-13-1-2-14-28(27)34-20-12-22-36(40(34)42)30-16-4-6-18-32(30)38-24-8-10-26-44-38/h1-26H,41-42H2. The van der Waals surface area contributed by atoms with Crippen LogP contribution in [0, 0.1) is 0 Å². The van der Waals surface area contributed by atoms with Gasteiger partial charge in [-0.15, -0.1) is 0 Å². The molecule has 0 spiro atoms. The third-order valence-corrected chi connectivity index (χ3v) is 8.04. The van der Waals surface area contributed by atoms with Crippen molar-refractivity contribution >= 4 is 11.4 Å². The molecule has 7 aromatic rings. The Morgan fingerprint density at radius 3 is 0.864 bits per heavy atom. The number of benzene rings is 5. The highest BCUT2D eigenvalue weighted by Gasteiger charge is 2.19. The van der Waals surface area contributed by atoms with E-state index in [-0.39, 0.29) is 0 Å². The van der Waals surface area contributed by atoms with Crippen LogP contribution in [0.1, 0.15) is 0 Å².